The molecular weight excluding hydrogens is 827 g/mol. The summed E-state index contributed by atoms with van der Waals surface area (Å²) in [4.78, 5) is 17.7. The molecule has 0 atom stereocenters. The van der Waals surface area contributed by atoms with Crippen LogP contribution in [-0.2, 0) is 12.8 Å². The Labute approximate surface area is 397 Å². The summed E-state index contributed by atoms with van der Waals surface area (Å²) < 4.78 is 2.37. The van der Waals surface area contributed by atoms with Gasteiger partial charge in [0.2, 0.25) is 0 Å². The summed E-state index contributed by atoms with van der Waals surface area (Å²) in [6.07, 6.45) is 6.47. The minimum Gasteiger partial charge on any atom is -0.309 e. The Morgan fingerprint density at radius 2 is 0.912 bits per heavy atom. The highest BCUT2D eigenvalue weighted by atomic mass is 15.1. The second kappa shape index (κ2) is 17.3. The lowest BCUT2D eigenvalue weighted by Crippen LogP contribution is -2.13. The smallest absolute Gasteiger partial charge is 0.164 e. The van der Waals surface area contributed by atoms with Gasteiger partial charge in [-0.3, -0.25) is 0 Å². The van der Waals surface area contributed by atoms with Crippen LogP contribution in [0.15, 0.2) is 212 Å². The van der Waals surface area contributed by atoms with Crippen molar-refractivity contribution in [2.24, 2.45) is 0 Å². The number of anilines is 3. The zero-order valence-electron chi connectivity index (χ0n) is 38.0. The minimum atomic E-state index is 0.617. The van der Waals surface area contributed by atoms with Gasteiger partial charge in [-0.1, -0.05) is 172 Å². The first-order chi connectivity index (χ1) is 33.6. The second-order valence-corrected chi connectivity index (χ2v) is 17.4. The number of fused-ring (bicyclic) bond motifs is 5. The van der Waals surface area contributed by atoms with Gasteiger partial charge >= 0.3 is 0 Å². The summed E-state index contributed by atoms with van der Waals surface area (Å²) in [6.45, 7) is 4.51. The van der Waals surface area contributed by atoms with Gasteiger partial charge in [0.15, 0.2) is 17.5 Å². The van der Waals surface area contributed by atoms with Crippen molar-refractivity contribution in [3.05, 3.63) is 235 Å². The molecule has 1 aliphatic rings. The number of nitrogens with zero attached hydrogens (tertiary/aromatic N) is 5. The molecule has 68 heavy (non-hydrogen) atoms. The van der Waals surface area contributed by atoms with Crippen LogP contribution in [0.5, 0.6) is 0 Å². The zero-order chi connectivity index (χ0) is 45.6. The number of hydrogen-bond acceptors (Lipinski definition) is 4. The van der Waals surface area contributed by atoms with E-state index in [1.165, 1.54) is 49.6 Å². The predicted molar refractivity (Wildman–Crippen MR) is 284 cm³/mol. The van der Waals surface area contributed by atoms with Gasteiger partial charge in [-0.25, -0.2) is 15.0 Å². The molecule has 2 aromatic heterocycles. The van der Waals surface area contributed by atoms with Gasteiger partial charge < -0.3 is 9.47 Å². The lowest BCUT2D eigenvalue weighted by Gasteiger charge is -2.29. The van der Waals surface area contributed by atoms with Crippen LogP contribution >= 0.6 is 0 Å². The van der Waals surface area contributed by atoms with E-state index in [9.17, 15) is 0 Å². The zero-order valence-corrected chi connectivity index (χ0v) is 38.0. The number of aryl methyl sites for hydroxylation is 2. The maximum atomic E-state index is 5.14. The van der Waals surface area contributed by atoms with Crippen LogP contribution in [0.2, 0.25) is 0 Å². The van der Waals surface area contributed by atoms with Crippen LogP contribution < -0.4 is 4.90 Å². The van der Waals surface area contributed by atoms with Gasteiger partial charge in [-0.05, 0) is 124 Å². The van der Waals surface area contributed by atoms with Crippen molar-refractivity contribution in [1.29, 1.82) is 0 Å². The number of hydrogen-bond donors (Lipinski definition) is 0. The van der Waals surface area contributed by atoms with Gasteiger partial charge in [-0.15, -0.1) is 0 Å². The van der Waals surface area contributed by atoms with Crippen molar-refractivity contribution in [2.75, 3.05) is 4.90 Å². The fourth-order valence-electron chi connectivity index (χ4n) is 10.0. The van der Waals surface area contributed by atoms with Crippen molar-refractivity contribution in [1.82, 2.24) is 19.5 Å². The highest BCUT2D eigenvalue weighted by Crippen LogP contribution is 2.47. The quantitative estimate of drug-likeness (QED) is 0.145. The van der Waals surface area contributed by atoms with E-state index >= 15 is 0 Å². The predicted octanol–water partition coefficient (Wildman–Crippen LogP) is 16.4. The van der Waals surface area contributed by atoms with Crippen LogP contribution in [-0.4, -0.2) is 19.5 Å². The van der Waals surface area contributed by atoms with Gasteiger partial charge in [0.1, 0.15) is 0 Å². The maximum absolute atomic E-state index is 5.14. The number of rotatable bonds is 9. The molecule has 0 saturated carbocycles. The summed E-state index contributed by atoms with van der Waals surface area (Å²) in [5, 5.41) is 2.47. The first-order valence-electron chi connectivity index (χ1n) is 23.6. The third kappa shape index (κ3) is 7.26. The number of para-hydroxylation sites is 2. The lowest BCUT2D eigenvalue weighted by molar-refractivity contribution is 1.07. The van der Waals surface area contributed by atoms with Crippen molar-refractivity contribution >= 4 is 51.0 Å². The standard InChI is InChI=1S/C63H47N5/c1-3-42-19-14-15-28-53(42)55-41-60-49(37-43(55)4-2)32-31-48-38-46(47-34-36-59-56(40-47)54-29-16-17-30-58(54)67(59)51-25-12-7-13-26-51)33-35-57(48)68(60)52-27-18-24-50(39-52)63-65-61(44-20-8-5-9-21-44)64-62(66-63)45-22-10-6-11-23-45/h5-41H,3-4H2,1-2H3. The normalized spacial score (nSPS) is 12.0. The van der Waals surface area contributed by atoms with Crippen LogP contribution in [0.4, 0.5) is 17.1 Å². The van der Waals surface area contributed by atoms with Crippen molar-refractivity contribution in [3.8, 4) is 62.1 Å². The van der Waals surface area contributed by atoms with E-state index in [1.54, 1.807) is 0 Å². The Bertz CT molecular complexity index is 3650. The van der Waals surface area contributed by atoms with Crippen LogP contribution in [0.3, 0.4) is 0 Å². The third-order valence-corrected chi connectivity index (χ3v) is 13.4. The third-order valence-electron chi connectivity index (χ3n) is 13.4. The van der Waals surface area contributed by atoms with Crippen molar-refractivity contribution in [2.45, 2.75) is 26.7 Å². The molecule has 0 amide bonds. The monoisotopic (exact) mass is 873 g/mol. The van der Waals surface area contributed by atoms with Crippen molar-refractivity contribution < 1.29 is 0 Å². The fraction of sp³-hybridized carbons (Fsp3) is 0.0635. The molecule has 0 radical (unpaired) electrons. The molecule has 0 N–H and O–H groups in total. The summed E-state index contributed by atoms with van der Waals surface area (Å²) in [5.41, 5.74) is 19.4. The molecule has 0 saturated heterocycles. The lowest BCUT2D eigenvalue weighted by atomic mass is 9.90. The van der Waals surface area contributed by atoms with E-state index in [2.05, 4.69) is 211 Å². The molecule has 0 unspecified atom stereocenters. The Morgan fingerprint density at radius 3 is 1.63 bits per heavy atom. The topological polar surface area (TPSA) is 46.8 Å². The largest absolute Gasteiger partial charge is 0.309 e. The summed E-state index contributed by atoms with van der Waals surface area (Å²) in [7, 11) is 0. The summed E-state index contributed by atoms with van der Waals surface area (Å²) in [6, 6.07) is 75.9. The SMILES string of the molecule is CCc1ccccc1-c1cc2c(cc1CC)C=Cc1cc(-c3ccc4c(c3)c3ccccc3n4-c3ccccc3)ccc1N2c1cccc(-c2nc(-c3ccccc3)nc(-c3ccccc3)n2)c1. The molecule has 0 bridgehead atoms. The van der Waals surface area contributed by atoms with E-state index in [1.807, 2.05) is 36.4 Å². The van der Waals surface area contributed by atoms with Gasteiger partial charge in [0.25, 0.3) is 0 Å². The van der Waals surface area contributed by atoms with Crippen LogP contribution in [0.25, 0.3) is 96.1 Å². The van der Waals surface area contributed by atoms with E-state index in [0.29, 0.717) is 17.5 Å². The average Bonchev–Trinajstić information content (AvgIpc) is 3.65. The summed E-state index contributed by atoms with van der Waals surface area (Å²) >= 11 is 0. The summed E-state index contributed by atoms with van der Waals surface area (Å²) in [5.74, 6) is 1.89. The molecule has 3 heterocycles. The molecule has 5 nitrogen and oxygen atoms in total. The van der Waals surface area contributed by atoms with Crippen molar-refractivity contribution in [3.63, 3.8) is 0 Å². The average molecular weight is 874 g/mol. The molecule has 324 valence electrons. The highest BCUT2D eigenvalue weighted by molar-refractivity contribution is 6.10. The number of aromatic nitrogens is 4. The fourth-order valence-corrected chi connectivity index (χ4v) is 10.0. The molecular formula is C63H47N5. The highest BCUT2D eigenvalue weighted by Gasteiger charge is 2.25. The molecule has 5 heteroatoms. The molecule has 12 rings (SSSR count). The molecule has 9 aromatic carbocycles. The Kier molecular flexibility index (Phi) is 10.4. The molecule has 1 aliphatic heterocycles. The number of benzene rings is 9. The van der Waals surface area contributed by atoms with Gasteiger partial charge in [0, 0.05) is 38.8 Å². The Balaban J connectivity index is 1.04. The van der Waals surface area contributed by atoms with E-state index in [-0.39, 0.29) is 0 Å². The van der Waals surface area contributed by atoms with E-state index in [0.717, 1.165) is 69.0 Å². The minimum absolute atomic E-state index is 0.617. The van der Waals surface area contributed by atoms with Gasteiger partial charge in [-0.2, -0.15) is 0 Å². The first kappa shape index (κ1) is 40.8. The van der Waals surface area contributed by atoms with E-state index in [4.69, 9.17) is 15.0 Å². The molecule has 0 aliphatic carbocycles. The molecule has 0 fully saturated rings. The van der Waals surface area contributed by atoms with Crippen LogP contribution in [0, 0.1) is 0 Å². The Morgan fingerprint density at radius 1 is 0.353 bits per heavy atom. The van der Waals surface area contributed by atoms with Gasteiger partial charge in [0.05, 0.1) is 22.4 Å². The first-order valence-corrected chi connectivity index (χ1v) is 23.6. The van der Waals surface area contributed by atoms with Crippen LogP contribution in [0.1, 0.15) is 36.1 Å². The second-order valence-electron chi connectivity index (χ2n) is 17.4. The van der Waals surface area contributed by atoms with E-state index < -0.39 is 0 Å². The molecule has 0 spiro atoms. The Hall–Kier alpha value is -8.67. The molecule has 11 aromatic rings. The maximum Gasteiger partial charge on any atom is 0.164 e.